The minimum atomic E-state index is -1.06. The van der Waals surface area contributed by atoms with Crippen molar-refractivity contribution in [2.45, 2.75) is 95.3 Å². The Kier molecular flexibility index (Phi) is 12.2. The number of nitrogens with zero attached hydrogens (tertiary/aromatic N) is 3. The van der Waals surface area contributed by atoms with Gasteiger partial charge in [0.1, 0.15) is 0 Å². The van der Waals surface area contributed by atoms with Crippen molar-refractivity contribution in [1.29, 1.82) is 0 Å². The van der Waals surface area contributed by atoms with Gasteiger partial charge in [0, 0.05) is 0 Å². The topological polar surface area (TPSA) is 46.1 Å². The molecule has 4 nitrogen and oxygen atoms in total. The maximum atomic E-state index is 12.9. The van der Waals surface area contributed by atoms with Gasteiger partial charge >= 0.3 is 177 Å². The zero-order valence-electron chi connectivity index (χ0n) is 18.2. The first-order valence-corrected chi connectivity index (χ1v) is 13.7. The van der Waals surface area contributed by atoms with Gasteiger partial charge in [0.15, 0.2) is 0 Å². The Morgan fingerprint density at radius 1 is 0.926 bits per heavy atom. The molecule has 0 aliphatic carbocycles. The number of aromatic nitrogens is 2. The fourth-order valence-corrected chi connectivity index (χ4v) is 8.80. The first-order chi connectivity index (χ1) is 13.0. The molecule has 2 radical (unpaired) electrons. The summed E-state index contributed by atoms with van der Waals surface area (Å²) in [7, 11) is 1.88. The summed E-state index contributed by atoms with van der Waals surface area (Å²) in [5.41, 5.74) is 0.633. The number of rotatable bonds is 14. The molecule has 0 aliphatic rings. The quantitative estimate of drug-likeness (QED) is 0.352. The number of amides is 1. The van der Waals surface area contributed by atoms with Crippen LogP contribution in [0.4, 0.5) is 0 Å². The fourth-order valence-electron chi connectivity index (χ4n) is 3.56. The number of hydrogen-bond donors (Lipinski definition) is 0. The van der Waals surface area contributed by atoms with Crippen molar-refractivity contribution in [2.24, 2.45) is 0 Å². The molecule has 0 unspecified atom stereocenters. The van der Waals surface area contributed by atoms with Gasteiger partial charge in [-0.2, -0.15) is 0 Å². The van der Waals surface area contributed by atoms with Crippen LogP contribution >= 0.6 is 0 Å². The molecule has 0 fully saturated rings. The van der Waals surface area contributed by atoms with Crippen LogP contribution in [0.15, 0.2) is 12.4 Å². The van der Waals surface area contributed by atoms with Crippen molar-refractivity contribution in [1.82, 2.24) is 14.9 Å². The van der Waals surface area contributed by atoms with Crippen LogP contribution in [0, 0.1) is 0 Å². The molecular formula is C22H39N3OSn. The summed E-state index contributed by atoms with van der Waals surface area (Å²) < 4.78 is 1.48. The second-order valence-corrected chi connectivity index (χ2v) is 12.8. The van der Waals surface area contributed by atoms with Crippen LogP contribution < -0.4 is 3.71 Å². The van der Waals surface area contributed by atoms with E-state index in [1.165, 1.54) is 57.8 Å². The molecular weight excluding hydrogens is 441 g/mol. The second-order valence-electron chi connectivity index (χ2n) is 7.70. The fraction of sp³-hybridized carbons (Fsp3) is 0.773. The molecule has 1 aromatic rings. The van der Waals surface area contributed by atoms with E-state index >= 15 is 0 Å². The van der Waals surface area contributed by atoms with E-state index in [1.807, 2.05) is 7.05 Å². The Hall–Kier alpha value is -0.651. The molecule has 0 saturated carbocycles. The summed E-state index contributed by atoms with van der Waals surface area (Å²) in [5.74, 6) is 0.0521. The summed E-state index contributed by atoms with van der Waals surface area (Å²) in [6.45, 7) is 9.72. The standard InChI is InChI=1S/C13H27.C9H12N3O.Sn/c1-4-7-10-13(11-8-5-2)12-9-6-3;1-3-6-12(2)9(13)8-7-10-4-5-11-8;/h4-12H2,1-3H3;4-5H,3,6H2,1-2H3;. The monoisotopic (exact) mass is 481 g/mol. The SMILES string of the molecule is CCCC[C](CCCC)(CCCC)[Sn][c]1nccnc1C(=O)N(C)CCC. The van der Waals surface area contributed by atoms with Gasteiger partial charge in [-0.05, 0) is 0 Å². The van der Waals surface area contributed by atoms with Gasteiger partial charge in [0.2, 0.25) is 0 Å². The first kappa shape index (κ1) is 24.4. The van der Waals surface area contributed by atoms with Crippen LogP contribution in [-0.4, -0.2) is 55.5 Å². The number of carbonyl (C=O) groups excluding carboxylic acids is 1. The Balaban J connectivity index is 3.16. The third-order valence-electron chi connectivity index (χ3n) is 5.22. The summed E-state index contributed by atoms with van der Waals surface area (Å²) in [6.07, 6.45) is 15.9. The van der Waals surface area contributed by atoms with Gasteiger partial charge in [-0.1, -0.05) is 0 Å². The molecule has 0 saturated heterocycles. The molecule has 0 aromatic carbocycles. The predicted octanol–water partition coefficient (Wildman–Crippen LogP) is 5.02. The first-order valence-electron chi connectivity index (χ1n) is 10.9. The minimum absolute atomic E-state index is 0.0521. The van der Waals surface area contributed by atoms with Crippen molar-refractivity contribution in [3.63, 3.8) is 0 Å². The third-order valence-corrected chi connectivity index (χ3v) is 10.6. The molecule has 1 rings (SSSR count). The summed E-state index contributed by atoms with van der Waals surface area (Å²) >= 11 is -1.06. The number of carbonyl (C=O) groups is 1. The maximum absolute atomic E-state index is 12.9. The van der Waals surface area contributed by atoms with E-state index in [0.29, 0.717) is 9.12 Å². The molecule has 27 heavy (non-hydrogen) atoms. The normalized spacial score (nSPS) is 11.6. The van der Waals surface area contributed by atoms with Crippen LogP contribution in [0.3, 0.4) is 0 Å². The van der Waals surface area contributed by atoms with E-state index in [9.17, 15) is 4.79 Å². The van der Waals surface area contributed by atoms with Crippen molar-refractivity contribution >= 4 is 30.8 Å². The second kappa shape index (κ2) is 13.5. The van der Waals surface area contributed by atoms with E-state index in [0.717, 1.165) is 16.7 Å². The van der Waals surface area contributed by atoms with E-state index in [-0.39, 0.29) is 5.91 Å². The molecule has 5 heteroatoms. The van der Waals surface area contributed by atoms with E-state index in [2.05, 4.69) is 32.7 Å². The number of unbranched alkanes of at least 4 members (excludes halogenated alkanes) is 3. The number of hydrogen-bond acceptors (Lipinski definition) is 3. The van der Waals surface area contributed by atoms with Gasteiger partial charge in [0.25, 0.3) is 0 Å². The van der Waals surface area contributed by atoms with Crippen LogP contribution in [0.25, 0.3) is 0 Å². The average molecular weight is 480 g/mol. The van der Waals surface area contributed by atoms with Gasteiger partial charge in [-0.15, -0.1) is 0 Å². The van der Waals surface area contributed by atoms with E-state index in [4.69, 9.17) is 4.98 Å². The zero-order chi connectivity index (χ0) is 20.1. The zero-order valence-corrected chi connectivity index (χ0v) is 21.0. The van der Waals surface area contributed by atoms with Crippen molar-refractivity contribution in [3.8, 4) is 0 Å². The van der Waals surface area contributed by atoms with E-state index in [1.54, 1.807) is 17.3 Å². The van der Waals surface area contributed by atoms with Crippen molar-refractivity contribution < 1.29 is 4.79 Å². The Bertz CT molecular complexity index is 528. The van der Waals surface area contributed by atoms with Gasteiger partial charge < -0.3 is 0 Å². The predicted molar refractivity (Wildman–Crippen MR) is 116 cm³/mol. The summed E-state index contributed by atoms with van der Waals surface area (Å²) in [5, 5.41) is 0. The molecule has 0 atom stereocenters. The molecule has 0 N–H and O–H groups in total. The van der Waals surface area contributed by atoms with Gasteiger partial charge in [-0.3, -0.25) is 0 Å². The molecule has 0 bridgehead atoms. The molecule has 152 valence electrons. The average Bonchev–Trinajstić information content (AvgIpc) is 2.69. The summed E-state index contributed by atoms with van der Waals surface area (Å²) in [4.78, 5) is 24.0. The molecule has 0 spiro atoms. The van der Waals surface area contributed by atoms with Crippen LogP contribution in [-0.2, 0) is 0 Å². The van der Waals surface area contributed by atoms with Crippen molar-refractivity contribution in [3.05, 3.63) is 18.1 Å². The molecule has 0 aliphatic heterocycles. The van der Waals surface area contributed by atoms with Crippen LogP contribution in [0.2, 0.25) is 3.43 Å². The Labute approximate surface area is 177 Å². The molecule has 1 amide bonds. The summed E-state index contributed by atoms with van der Waals surface area (Å²) in [6, 6.07) is 0. The molecule has 1 heterocycles. The Morgan fingerprint density at radius 2 is 1.44 bits per heavy atom. The van der Waals surface area contributed by atoms with Crippen molar-refractivity contribution in [2.75, 3.05) is 13.6 Å². The van der Waals surface area contributed by atoms with Crippen LogP contribution in [0.5, 0.6) is 0 Å². The Morgan fingerprint density at radius 3 is 1.93 bits per heavy atom. The third kappa shape index (κ3) is 8.08. The van der Waals surface area contributed by atoms with Gasteiger partial charge in [0.05, 0.1) is 0 Å². The van der Waals surface area contributed by atoms with E-state index < -0.39 is 21.1 Å². The van der Waals surface area contributed by atoms with Gasteiger partial charge in [-0.25, -0.2) is 0 Å². The van der Waals surface area contributed by atoms with Crippen LogP contribution in [0.1, 0.15) is 102 Å². The molecule has 1 aromatic heterocycles.